The highest BCUT2D eigenvalue weighted by molar-refractivity contribution is 7.98. The van der Waals surface area contributed by atoms with E-state index in [-0.39, 0.29) is 5.78 Å². The smallest absolute Gasteiger partial charge is 0.163 e. The molecule has 0 radical (unpaired) electrons. The topological polar surface area (TPSA) is 26.3 Å². The van der Waals surface area contributed by atoms with E-state index in [9.17, 15) is 4.79 Å². The first-order chi connectivity index (χ1) is 7.69. The summed E-state index contributed by atoms with van der Waals surface area (Å²) in [5.74, 6) is 0.0605. The van der Waals surface area contributed by atoms with Gasteiger partial charge in [-0.3, -0.25) is 4.79 Å². The number of ether oxygens (including phenoxy) is 1. The average molecular weight is 238 g/mol. The Morgan fingerprint density at radius 2 is 2.00 bits per heavy atom. The van der Waals surface area contributed by atoms with Crippen molar-refractivity contribution in [2.75, 3.05) is 12.9 Å². The minimum Gasteiger partial charge on any atom is -0.366 e. The molecule has 0 aromatic heterocycles. The fourth-order valence-electron chi connectivity index (χ4n) is 1.46. The summed E-state index contributed by atoms with van der Waals surface area (Å²) in [7, 11) is 0. The third-order valence-electron chi connectivity index (χ3n) is 2.28. The molecule has 88 valence electrons. The first-order valence-corrected chi connectivity index (χ1v) is 6.67. The molecule has 0 N–H and O–H groups in total. The van der Waals surface area contributed by atoms with Crippen molar-refractivity contribution in [2.24, 2.45) is 0 Å². The van der Waals surface area contributed by atoms with E-state index in [0.29, 0.717) is 6.61 Å². The number of benzene rings is 1. The van der Waals surface area contributed by atoms with Gasteiger partial charge >= 0.3 is 0 Å². The lowest BCUT2D eigenvalue weighted by atomic mass is 10.1. The summed E-state index contributed by atoms with van der Waals surface area (Å²) in [6.45, 7) is 4.23. The van der Waals surface area contributed by atoms with Crippen LogP contribution in [0, 0.1) is 0 Å². The molecule has 1 aromatic carbocycles. The van der Waals surface area contributed by atoms with E-state index in [1.165, 1.54) is 4.90 Å². The molecule has 0 aliphatic carbocycles. The van der Waals surface area contributed by atoms with Gasteiger partial charge in [-0.25, -0.2) is 0 Å². The van der Waals surface area contributed by atoms with E-state index in [0.717, 1.165) is 12.0 Å². The van der Waals surface area contributed by atoms with Crippen LogP contribution < -0.4 is 0 Å². The molecule has 0 aliphatic heterocycles. The largest absolute Gasteiger partial charge is 0.366 e. The maximum absolute atomic E-state index is 11.5. The summed E-state index contributed by atoms with van der Waals surface area (Å²) in [4.78, 5) is 12.7. The van der Waals surface area contributed by atoms with Crippen molar-refractivity contribution >= 4 is 17.5 Å². The molecular weight excluding hydrogens is 220 g/mol. The highest BCUT2D eigenvalue weighted by atomic mass is 32.2. The maximum Gasteiger partial charge on any atom is 0.163 e. The monoisotopic (exact) mass is 238 g/mol. The summed E-state index contributed by atoms with van der Waals surface area (Å²) in [6, 6.07) is 7.97. The minimum atomic E-state index is -0.407. The highest BCUT2D eigenvalue weighted by Crippen LogP contribution is 2.22. The van der Waals surface area contributed by atoms with Gasteiger partial charge in [-0.2, -0.15) is 0 Å². The number of hydrogen-bond donors (Lipinski definition) is 0. The van der Waals surface area contributed by atoms with Gasteiger partial charge < -0.3 is 4.74 Å². The van der Waals surface area contributed by atoms with Crippen LogP contribution in [0.2, 0.25) is 0 Å². The Morgan fingerprint density at radius 1 is 1.38 bits per heavy atom. The summed E-state index contributed by atoms with van der Waals surface area (Å²) in [5, 5.41) is 0. The fourth-order valence-corrected chi connectivity index (χ4v) is 1.87. The molecular formula is C13H18O2S. The first-order valence-electron chi connectivity index (χ1n) is 5.45. The van der Waals surface area contributed by atoms with Crippen LogP contribution in [0.25, 0.3) is 0 Å². The lowest BCUT2D eigenvalue weighted by Gasteiger charge is -2.15. The van der Waals surface area contributed by atoms with E-state index in [1.54, 1.807) is 18.7 Å². The minimum absolute atomic E-state index is 0.0605. The van der Waals surface area contributed by atoms with Crippen molar-refractivity contribution in [3.8, 4) is 0 Å². The molecule has 1 unspecified atom stereocenters. The molecule has 0 bridgehead atoms. The molecule has 0 saturated heterocycles. The van der Waals surface area contributed by atoms with Crippen LogP contribution in [0.15, 0.2) is 29.2 Å². The van der Waals surface area contributed by atoms with Crippen LogP contribution >= 0.6 is 11.8 Å². The van der Waals surface area contributed by atoms with Crippen LogP contribution in [0.1, 0.15) is 31.9 Å². The third-order valence-corrected chi connectivity index (χ3v) is 3.02. The zero-order chi connectivity index (χ0) is 12.0. The number of rotatable bonds is 6. The number of thioether (sulfide) groups is 1. The molecule has 0 heterocycles. The molecule has 1 aromatic rings. The number of Topliss-reactive ketones (excluding diaryl/α,β-unsaturated/α-hetero) is 1. The lowest BCUT2D eigenvalue weighted by molar-refractivity contribution is -0.128. The van der Waals surface area contributed by atoms with Crippen LogP contribution in [-0.4, -0.2) is 18.6 Å². The van der Waals surface area contributed by atoms with E-state index < -0.39 is 6.10 Å². The Bertz CT molecular complexity index is 332. The van der Waals surface area contributed by atoms with Gasteiger partial charge in [-0.15, -0.1) is 11.8 Å². The predicted octanol–water partition coefficient (Wildman–Crippen LogP) is 3.47. The van der Waals surface area contributed by atoms with Crippen molar-refractivity contribution < 1.29 is 9.53 Å². The molecule has 1 atom stereocenters. The molecule has 0 amide bonds. The van der Waals surface area contributed by atoms with Gasteiger partial charge in [-0.1, -0.05) is 19.1 Å². The number of carbonyl (C=O) groups excluding carboxylic acids is 1. The Kier molecular flexibility index (Phi) is 5.56. The number of carbonyl (C=O) groups is 1. The number of ketones is 1. The number of hydrogen-bond acceptors (Lipinski definition) is 3. The molecule has 16 heavy (non-hydrogen) atoms. The maximum atomic E-state index is 11.5. The van der Waals surface area contributed by atoms with Crippen molar-refractivity contribution in [2.45, 2.75) is 31.3 Å². The van der Waals surface area contributed by atoms with Crippen molar-refractivity contribution in [3.63, 3.8) is 0 Å². The second-order valence-corrected chi connectivity index (χ2v) is 4.51. The molecule has 0 fully saturated rings. The normalized spacial score (nSPS) is 12.4. The van der Waals surface area contributed by atoms with Gasteiger partial charge in [0.05, 0.1) is 0 Å². The van der Waals surface area contributed by atoms with E-state index in [2.05, 4.69) is 0 Å². The van der Waals surface area contributed by atoms with E-state index in [1.807, 2.05) is 37.4 Å². The van der Waals surface area contributed by atoms with Crippen LogP contribution in [0.3, 0.4) is 0 Å². The standard InChI is InChI=1S/C13H18O2S/c1-4-9-15-13(10(2)14)11-5-7-12(16-3)8-6-11/h5-8,13H,4,9H2,1-3H3. The fraction of sp³-hybridized carbons (Fsp3) is 0.462. The summed E-state index contributed by atoms with van der Waals surface area (Å²) in [5.41, 5.74) is 0.943. The summed E-state index contributed by atoms with van der Waals surface area (Å²) < 4.78 is 5.56. The second kappa shape index (κ2) is 6.71. The zero-order valence-corrected chi connectivity index (χ0v) is 10.8. The molecule has 2 nitrogen and oxygen atoms in total. The van der Waals surface area contributed by atoms with Crippen LogP contribution in [-0.2, 0) is 9.53 Å². The summed E-state index contributed by atoms with van der Waals surface area (Å²) in [6.07, 6.45) is 2.55. The van der Waals surface area contributed by atoms with E-state index >= 15 is 0 Å². The van der Waals surface area contributed by atoms with Gasteiger partial charge in [0.25, 0.3) is 0 Å². The van der Waals surface area contributed by atoms with Gasteiger partial charge in [0.1, 0.15) is 6.10 Å². The average Bonchev–Trinajstić information content (AvgIpc) is 2.30. The van der Waals surface area contributed by atoms with Gasteiger partial charge in [0, 0.05) is 11.5 Å². The lowest BCUT2D eigenvalue weighted by Crippen LogP contribution is -2.13. The predicted molar refractivity (Wildman–Crippen MR) is 67.9 cm³/mol. The third kappa shape index (κ3) is 3.65. The highest BCUT2D eigenvalue weighted by Gasteiger charge is 2.16. The van der Waals surface area contributed by atoms with Gasteiger partial charge in [0.15, 0.2) is 5.78 Å². The molecule has 1 rings (SSSR count). The van der Waals surface area contributed by atoms with Gasteiger partial charge in [-0.05, 0) is 37.3 Å². The second-order valence-electron chi connectivity index (χ2n) is 3.63. The SMILES string of the molecule is CCCOC(C(C)=O)c1ccc(SC)cc1. The Hall–Kier alpha value is -0.800. The Balaban J connectivity index is 2.79. The quantitative estimate of drug-likeness (QED) is 0.710. The first kappa shape index (κ1) is 13.3. The van der Waals surface area contributed by atoms with Crippen LogP contribution in [0.4, 0.5) is 0 Å². The molecule has 0 spiro atoms. The Morgan fingerprint density at radius 3 is 2.44 bits per heavy atom. The van der Waals surface area contributed by atoms with Crippen LogP contribution in [0.5, 0.6) is 0 Å². The molecule has 3 heteroatoms. The van der Waals surface area contributed by atoms with Crippen molar-refractivity contribution in [1.82, 2.24) is 0 Å². The molecule has 0 aliphatic rings. The summed E-state index contributed by atoms with van der Waals surface area (Å²) >= 11 is 1.69. The molecule has 0 saturated carbocycles. The zero-order valence-electron chi connectivity index (χ0n) is 10.0. The van der Waals surface area contributed by atoms with Crippen molar-refractivity contribution in [3.05, 3.63) is 29.8 Å². The van der Waals surface area contributed by atoms with Gasteiger partial charge in [0.2, 0.25) is 0 Å². The van der Waals surface area contributed by atoms with E-state index in [4.69, 9.17) is 4.74 Å². The van der Waals surface area contributed by atoms with Crippen molar-refractivity contribution in [1.29, 1.82) is 0 Å². The Labute approximate surface area is 101 Å².